The summed E-state index contributed by atoms with van der Waals surface area (Å²) < 4.78 is 1.73. The number of nitrogens with zero attached hydrogens (tertiary/aromatic N) is 3. The van der Waals surface area contributed by atoms with Crippen LogP contribution in [0.5, 0.6) is 0 Å². The Kier molecular flexibility index (Phi) is 5.03. The van der Waals surface area contributed by atoms with Crippen LogP contribution in [0, 0.1) is 23.0 Å². The lowest BCUT2D eigenvalue weighted by atomic mass is 9.90. The van der Waals surface area contributed by atoms with Gasteiger partial charge in [0.05, 0.1) is 23.1 Å². The van der Waals surface area contributed by atoms with Crippen molar-refractivity contribution in [3.63, 3.8) is 0 Å². The van der Waals surface area contributed by atoms with Gasteiger partial charge in [0.25, 0.3) is 5.69 Å². The molecule has 0 aliphatic carbocycles. The summed E-state index contributed by atoms with van der Waals surface area (Å²) in [4.78, 5) is 23.5. The number of carbonyl (C=O) groups excluding carboxylic acids is 1. The fraction of sp³-hybridized carbons (Fsp3) is 0.444. The average molecular weight is 357 g/mol. The largest absolute Gasteiger partial charge is 0.349 e. The molecule has 0 spiro atoms. The van der Waals surface area contributed by atoms with Crippen molar-refractivity contribution in [2.24, 2.45) is 13.0 Å². The molecule has 3 atom stereocenters. The van der Waals surface area contributed by atoms with Gasteiger partial charge in [0.15, 0.2) is 0 Å². The van der Waals surface area contributed by atoms with Crippen molar-refractivity contribution in [1.82, 2.24) is 20.4 Å². The highest BCUT2D eigenvalue weighted by Crippen LogP contribution is 2.29. The van der Waals surface area contributed by atoms with Gasteiger partial charge in [0, 0.05) is 43.9 Å². The number of nitro benzene ring substituents is 1. The maximum absolute atomic E-state index is 12.8. The third-order valence-electron chi connectivity index (χ3n) is 4.99. The van der Waals surface area contributed by atoms with E-state index in [-0.39, 0.29) is 29.5 Å². The zero-order chi connectivity index (χ0) is 18.8. The highest BCUT2D eigenvalue weighted by molar-refractivity contribution is 5.81. The van der Waals surface area contributed by atoms with Crippen molar-refractivity contribution in [1.29, 1.82) is 0 Å². The van der Waals surface area contributed by atoms with Gasteiger partial charge in [0.2, 0.25) is 5.91 Å². The zero-order valence-corrected chi connectivity index (χ0v) is 15.1. The first-order valence-corrected chi connectivity index (χ1v) is 8.61. The Morgan fingerprint density at radius 3 is 2.88 bits per heavy atom. The van der Waals surface area contributed by atoms with E-state index in [0.29, 0.717) is 12.1 Å². The molecule has 138 valence electrons. The summed E-state index contributed by atoms with van der Waals surface area (Å²) >= 11 is 0. The number of nitro groups is 1. The van der Waals surface area contributed by atoms with Crippen LogP contribution in [-0.2, 0) is 11.8 Å². The van der Waals surface area contributed by atoms with Gasteiger partial charge in [-0.05, 0) is 25.0 Å². The van der Waals surface area contributed by atoms with Gasteiger partial charge < -0.3 is 10.6 Å². The van der Waals surface area contributed by atoms with Crippen molar-refractivity contribution in [3.05, 3.63) is 57.4 Å². The predicted molar refractivity (Wildman–Crippen MR) is 96.7 cm³/mol. The molecule has 1 unspecified atom stereocenters. The lowest BCUT2D eigenvalue weighted by Crippen LogP contribution is -2.36. The van der Waals surface area contributed by atoms with Crippen molar-refractivity contribution >= 4 is 11.6 Å². The van der Waals surface area contributed by atoms with Gasteiger partial charge >= 0.3 is 0 Å². The fourth-order valence-electron chi connectivity index (χ4n) is 3.43. The van der Waals surface area contributed by atoms with E-state index in [9.17, 15) is 14.9 Å². The molecule has 26 heavy (non-hydrogen) atoms. The first-order chi connectivity index (χ1) is 12.4. The number of rotatable bonds is 5. The standard InChI is InChI=1S/C18H23N5O3/c1-11-4-5-13(6-17(11)23(25)26)12(2)21-18(24)16-9-19-8-15(16)14-7-20-22(3)10-14/h4-7,10,12,15-16,19H,8-9H2,1-3H3,(H,21,24)/t12?,15-,16+/m1/s1. The number of nitrogens with one attached hydrogen (secondary N) is 2. The highest BCUT2D eigenvalue weighted by Gasteiger charge is 2.35. The molecular weight excluding hydrogens is 334 g/mol. The molecule has 3 rings (SSSR count). The molecule has 1 saturated heterocycles. The van der Waals surface area contributed by atoms with Gasteiger partial charge in [-0.15, -0.1) is 0 Å². The molecule has 1 fully saturated rings. The summed E-state index contributed by atoms with van der Waals surface area (Å²) in [7, 11) is 1.85. The van der Waals surface area contributed by atoms with Crippen molar-refractivity contribution in [2.75, 3.05) is 13.1 Å². The van der Waals surface area contributed by atoms with E-state index in [1.165, 1.54) is 6.07 Å². The highest BCUT2D eigenvalue weighted by atomic mass is 16.6. The second kappa shape index (κ2) is 7.25. The number of aryl methyl sites for hydroxylation is 2. The topological polar surface area (TPSA) is 102 Å². The monoisotopic (exact) mass is 357 g/mol. The Labute approximate surface area is 151 Å². The van der Waals surface area contributed by atoms with Crippen LogP contribution in [0.1, 0.15) is 35.6 Å². The van der Waals surface area contributed by atoms with Crippen LogP contribution in [0.15, 0.2) is 30.6 Å². The Morgan fingerprint density at radius 2 is 2.23 bits per heavy atom. The molecule has 1 amide bonds. The van der Waals surface area contributed by atoms with Crippen molar-refractivity contribution < 1.29 is 9.72 Å². The fourth-order valence-corrected chi connectivity index (χ4v) is 3.43. The zero-order valence-electron chi connectivity index (χ0n) is 15.1. The number of hydrogen-bond acceptors (Lipinski definition) is 5. The summed E-state index contributed by atoms with van der Waals surface area (Å²) in [5.41, 5.74) is 2.43. The van der Waals surface area contributed by atoms with Crippen molar-refractivity contribution in [2.45, 2.75) is 25.8 Å². The number of benzene rings is 1. The quantitative estimate of drug-likeness (QED) is 0.628. The minimum atomic E-state index is -0.396. The van der Waals surface area contributed by atoms with Gasteiger partial charge in [-0.2, -0.15) is 5.10 Å². The molecule has 1 aromatic carbocycles. The Bertz CT molecular complexity index is 832. The molecule has 2 aromatic rings. The average Bonchev–Trinajstić information content (AvgIpc) is 3.23. The van der Waals surface area contributed by atoms with Crippen LogP contribution in [0.25, 0.3) is 0 Å². The first kappa shape index (κ1) is 18.1. The van der Waals surface area contributed by atoms with Crippen LogP contribution >= 0.6 is 0 Å². The molecule has 1 aliphatic rings. The molecule has 2 N–H and O–H groups in total. The number of amides is 1. The molecular formula is C18H23N5O3. The van der Waals surface area contributed by atoms with Gasteiger partial charge in [-0.25, -0.2) is 0 Å². The Morgan fingerprint density at radius 1 is 1.46 bits per heavy atom. The van der Waals surface area contributed by atoms with Gasteiger partial charge in [-0.3, -0.25) is 19.6 Å². The number of hydrogen-bond donors (Lipinski definition) is 2. The Balaban J connectivity index is 1.73. The van der Waals surface area contributed by atoms with E-state index in [0.717, 1.165) is 17.7 Å². The molecule has 8 heteroatoms. The van der Waals surface area contributed by atoms with Crippen molar-refractivity contribution in [3.8, 4) is 0 Å². The molecule has 1 aromatic heterocycles. The van der Waals surface area contributed by atoms with E-state index in [1.807, 2.05) is 26.2 Å². The summed E-state index contributed by atoms with van der Waals surface area (Å²) in [5, 5.41) is 21.6. The molecule has 0 saturated carbocycles. The second-order valence-corrected chi connectivity index (χ2v) is 6.85. The normalized spacial score (nSPS) is 20.7. The van der Waals surface area contributed by atoms with Crippen LogP contribution in [0.2, 0.25) is 0 Å². The lowest BCUT2D eigenvalue weighted by molar-refractivity contribution is -0.385. The Hall–Kier alpha value is -2.74. The SMILES string of the molecule is Cc1ccc(C(C)NC(=O)[C@H]2CNC[C@@H]2c2cnn(C)c2)cc1[N+](=O)[O-]. The third kappa shape index (κ3) is 3.60. The summed E-state index contributed by atoms with van der Waals surface area (Å²) in [6.07, 6.45) is 3.73. The van der Waals surface area contributed by atoms with E-state index in [1.54, 1.807) is 23.9 Å². The van der Waals surface area contributed by atoms with Gasteiger partial charge in [0.1, 0.15) is 0 Å². The number of carbonyl (C=O) groups is 1. The predicted octanol–water partition coefficient (Wildman–Crippen LogP) is 1.82. The lowest BCUT2D eigenvalue weighted by Gasteiger charge is -2.21. The van der Waals surface area contributed by atoms with Crippen LogP contribution in [0.3, 0.4) is 0 Å². The third-order valence-corrected chi connectivity index (χ3v) is 4.99. The molecule has 0 bridgehead atoms. The smallest absolute Gasteiger partial charge is 0.272 e. The van der Waals surface area contributed by atoms with Gasteiger partial charge in [-0.1, -0.05) is 12.1 Å². The maximum atomic E-state index is 12.8. The summed E-state index contributed by atoms with van der Waals surface area (Å²) in [5.74, 6) is -0.176. The minimum absolute atomic E-state index is 0.0559. The maximum Gasteiger partial charge on any atom is 0.272 e. The van der Waals surface area contributed by atoms with Crippen LogP contribution in [0.4, 0.5) is 5.69 Å². The van der Waals surface area contributed by atoms with Crippen LogP contribution in [-0.4, -0.2) is 33.7 Å². The second-order valence-electron chi connectivity index (χ2n) is 6.85. The molecule has 0 radical (unpaired) electrons. The van der Waals surface area contributed by atoms with E-state index in [2.05, 4.69) is 15.7 Å². The van der Waals surface area contributed by atoms with E-state index >= 15 is 0 Å². The van der Waals surface area contributed by atoms with E-state index < -0.39 is 4.92 Å². The number of aromatic nitrogens is 2. The molecule has 8 nitrogen and oxygen atoms in total. The minimum Gasteiger partial charge on any atom is -0.349 e. The molecule has 2 heterocycles. The first-order valence-electron chi connectivity index (χ1n) is 8.61. The van der Waals surface area contributed by atoms with E-state index in [4.69, 9.17) is 0 Å². The summed E-state index contributed by atoms with van der Waals surface area (Å²) in [6.45, 7) is 4.88. The molecule has 1 aliphatic heterocycles. The van der Waals surface area contributed by atoms with Crippen LogP contribution < -0.4 is 10.6 Å². The summed E-state index contributed by atoms with van der Waals surface area (Å²) in [6, 6.07) is 4.76.